The number of aromatic nitrogens is 4. The largest absolute Gasteiger partial charge is 0.494 e. The summed E-state index contributed by atoms with van der Waals surface area (Å²) in [5.74, 6) is 3.02. The number of carbonyl (C=O) groups excluding carboxylic acids is 1. The molecule has 2 aromatic heterocycles. The second-order valence-electron chi connectivity index (χ2n) is 7.56. The van der Waals surface area contributed by atoms with E-state index in [2.05, 4.69) is 20.0 Å². The molecule has 164 valence electrons. The summed E-state index contributed by atoms with van der Waals surface area (Å²) in [6.45, 7) is 9.06. The fourth-order valence-electron chi connectivity index (χ4n) is 3.85. The summed E-state index contributed by atoms with van der Waals surface area (Å²) in [4.78, 5) is 25.9. The van der Waals surface area contributed by atoms with E-state index >= 15 is 0 Å². The van der Waals surface area contributed by atoms with E-state index in [1.54, 1.807) is 0 Å². The summed E-state index contributed by atoms with van der Waals surface area (Å²) in [5, 5.41) is 4.50. The minimum atomic E-state index is -0.0195. The van der Waals surface area contributed by atoms with E-state index < -0.39 is 0 Å². The maximum absolute atomic E-state index is 12.6. The van der Waals surface area contributed by atoms with Gasteiger partial charge in [-0.25, -0.2) is 9.97 Å². The summed E-state index contributed by atoms with van der Waals surface area (Å²) in [6.07, 6.45) is 0. The van der Waals surface area contributed by atoms with Gasteiger partial charge < -0.3 is 19.3 Å². The first-order valence-electron chi connectivity index (χ1n) is 10.5. The first-order valence-corrected chi connectivity index (χ1v) is 10.5. The lowest BCUT2D eigenvalue weighted by molar-refractivity contribution is -0.133. The van der Waals surface area contributed by atoms with Gasteiger partial charge in [-0.3, -0.25) is 9.48 Å². The fraction of sp³-hybridized carbons (Fsp3) is 0.455. The molecular weight excluding hydrogens is 396 g/mol. The third-order valence-electron chi connectivity index (χ3n) is 5.37. The number of hydrogen-bond acceptors (Lipinski definition) is 7. The average Bonchev–Trinajstić information content (AvgIpc) is 3.06. The van der Waals surface area contributed by atoms with Gasteiger partial charge in [0.25, 0.3) is 5.91 Å². The highest BCUT2D eigenvalue weighted by atomic mass is 16.5. The van der Waals surface area contributed by atoms with Crippen LogP contribution in [0, 0.1) is 13.8 Å². The van der Waals surface area contributed by atoms with E-state index in [9.17, 15) is 4.79 Å². The van der Waals surface area contributed by atoms with Crippen molar-refractivity contribution in [1.29, 1.82) is 0 Å². The van der Waals surface area contributed by atoms with Gasteiger partial charge >= 0.3 is 0 Å². The van der Waals surface area contributed by atoms with Crippen LogP contribution < -0.4 is 14.4 Å². The molecule has 0 N–H and O–H groups in total. The van der Waals surface area contributed by atoms with Gasteiger partial charge in [-0.05, 0) is 45.0 Å². The molecule has 0 aliphatic carbocycles. The molecule has 3 heterocycles. The molecule has 9 heteroatoms. The highest BCUT2D eigenvalue weighted by Gasteiger charge is 2.25. The lowest BCUT2D eigenvalue weighted by atomic mass is 10.2. The molecule has 1 saturated heterocycles. The quantitative estimate of drug-likeness (QED) is 0.599. The molecule has 1 amide bonds. The van der Waals surface area contributed by atoms with Crippen LogP contribution in [0.2, 0.25) is 0 Å². The second-order valence-corrected chi connectivity index (χ2v) is 7.56. The smallest absolute Gasteiger partial charge is 0.260 e. The van der Waals surface area contributed by atoms with Gasteiger partial charge in [0.15, 0.2) is 12.4 Å². The molecule has 0 bridgehead atoms. The molecule has 4 rings (SSSR count). The van der Waals surface area contributed by atoms with Crippen LogP contribution in [0.4, 0.5) is 5.82 Å². The third-order valence-corrected chi connectivity index (χ3v) is 5.37. The third kappa shape index (κ3) is 4.40. The molecule has 0 unspecified atom stereocenters. The first-order chi connectivity index (χ1) is 15.0. The highest BCUT2D eigenvalue weighted by Crippen LogP contribution is 2.26. The van der Waals surface area contributed by atoms with Gasteiger partial charge in [0, 0.05) is 33.2 Å². The van der Waals surface area contributed by atoms with Gasteiger partial charge in [-0.1, -0.05) is 0 Å². The van der Waals surface area contributed by atoms with Crippen LogP contribution in [0.1, 0.15) is 18.4 Å². The Morgan fingerprint density at radius 3 is 2.29 bits per heavy atom. The molecule has 0 atom stereocenters. The van der Waals surface area contributed by atoms with Crippen LogP contribution in [0.25, 0.3) is 11.0 Å². The maximum Gasteiger partial charge on any atom is 0.260 e. The molecule has 0 radical (unpaired) electrons. The van der Waals surface area contributed by atoms with Crippen LogP contribution in [-0.4, -0.2) is 69.9 Å². The van der Waals surface area contributed by atoms with Gasteiger partial charge in [0.1, 0.15) is 28.4 Å². The molecule has 0 spiro atoms. The Hall–Kier alpha value is -3.36. The maximum atomic E-state index is 12.6. The van der Waals surface area contributed by atoms with Gasteiger partial charge in [-0.2, -0.15) is 5.10 Å². The zero-order chi connectivity index (χ0) is 22.0. The Bertz CT molecular complexity index is 1070. The summed E-state index contributed by atoms with van der Waals surface area (Å²) in [7, 11) is 1.91. The lowest BCUT2D eigenvalue weighted by Crippen LogP contribution is -2.50. The number of benzene rings is 1. The molecule has 1 fully saturated rings. The minimum Gasteiger partial charge on any atom is -0.494 e. The average molecular weight is 425 g/mol. The number of rotatable bonds is 6. The number of hydrogen-bond donors (Lipinski definition) is 0. The van der Waals surface area contributed by atoms with E-state index in [0.717, 1.165) is 34.1 Å². The number of ether oxygens (including phenoxy) is 2. The number of carbonyl (C=O) groups is 1. The van der Waals surface area contributed by atoms with E-state index in [4.69, 9.17) is 9.47 Å². The number of anilines is 1. The van der Waals surface area contributed by atoms with Crippen LogP contribution in [-0.2, 0) is 11.8 Å². The van der Waals surface area contributed by atoms with Crippen molar-refractivity contribution in [3.05, 3.63) is 35.8 Å². The Morgan fingerprint density at radius 2 is 1.65 bits per heavy atom. The Morgan fingerprint density at radius 1 is 1.00 bits per heavy atom. The number of piperazine rings is 1. The Balaban J connectivity index is 1.36. The van der Waals surface area contributed by atoms with Crippen molar-refractivity contribution >= 4 is 22.8 Å². The first kappa shape index (κ1) is 20.9. The molecule has 1 aromatic carbocycles. The number of nitrogens with zero attached hydrogens (tertiary/aromatic N) is 6. The molecule has 1 aliphatic heterocycles. The summed E-state index contributed by atoms with van der Waals surface area (Å²) >= 11 is 0. The Kier molecular flexibility index (Phi) is 5.92. The highest BCUT2D eigenvalue weighted by molar-refractivity contribution is 5.88. The molecule has 31 heavy (non-hydrogen) atoms. The van der Waals surface area contributed by atoms with Gasteiger partial charge in [0.05, 0.1) is 12.3 Å². The van der Waals surface area contributed by atoms with Crippen molar-refractivity contribution in [3.8, 4) is 11.5 Å². The van der Waals surface area contributed by atoms with Crippen molar-refractivity contribution in [3.63, 3.8) is 0 Å². The van der Waals surface area contributed by atoms with E-state index in [-0.39, 0.29) is 12.5 Å². The lowest BCUT2D eigenvalue weighted by Gasteiger charge is -2.35. The zero-order valence-electron chi connectivity index (χ0n) is 18.5. The SMILES string of the molecule is CCOc1ccc(OCC(=O)N2CCN(c3nc(C)nc4c(C)nn(C)c34)CC2)cc1. The zero-order valence-corrected chi connectivity index (χ0v) is 18.5. The van der Waals surface area contributed by atoms with Crippen LogP contribution in [0.3, 0.4) is 0 Å². The molecule has 0 saturated carbocycles. The van der Waals surface area contributed by atoms with E-state index in [1.165, 1.54) is 0 Å². The molecule has 9 nitrogen and oxygen atoms in total. The fourth-order valence-corrected chi connectivity index (χ4v) is 3.85. The van der Waals surface area contributed by atoms with Gasteiger partial charge in [0.2, 0.25) is 0 Å². The molecule has 3 aromatic rings. The van der Waals surface area contributed by atoms with E-state index in [0.29, 0.717) is 38.5 Å². The van der Waals surface area contributed by atoms with Crippen LogP contribution >= 0.6 is 0 Å². The second kappa shape index (κ2) is 8.79. The molecule has 1 aliphatic rings. The van der Waals surface area contributed by atoms with Crippen molar-refractivity contribution in [1.82, 2.24) is 24.6 Å². The number of amides is 1. The van der Waals surface area contributed by atoms with E-state index in [1.807, 2.05) is 61.7 Å². The Labute approximate surface area is 181 Å². The topological polar surface area (TPSA) is 85.6 Å². The summed E-state index contributed by atoms with van der Waals surface area (Å²) < 4.78 is 12.9. The summed E-state index contributed by atoms with van der Waals surface area (Å²) in [6, 6.07) is 7.31. The standard InChI is InChI=1S/C22H28N6O3/c1-5-30-17-6-8-18(9-7-17)31-14-19(29)27-10-12-28(13-11-27)22-21-20(23-16(3)24-22)15(2)25-26(21)4/h6-9H,5,10-14H2,1-4H3. The normalized spacial score (nSPS) is 14.2. The minimum absolute atomic E-state index is 0.0195. The molecular formula is C22H28N6O3. The van der Waals surface area contributed by atoms with Gasteiger partial charge in [-0.15, -0.1) is 0 Å². The van der Waals surface area contributed by atoms with Crippen molar-refractivity contribution in [2.24, 2.45) is 7.05 Å². The van der Waals surface area contributed by atoms with Crippen molar-refractivity contribution < 1.29 is 14.3 Å². The van der Waals surface area contributed by atoms with Crippen molar-refractivity contribution in [2.75, 3.05) is 44.3 Å². The predicted octanol–water partition coefficient (Wildman–Crippen LogP) is 2.11. The van der Waals surface area contributed by atoms with Crippen molar-refractivity contribution in [2.45, 2.75) is 20.8 Å². The van der Waals surface area contributed by atoms with Crippen LogP contribution in [0.5, 0.6) is 11.5 Å². The predicted molar refractivity (Wildman–Crippen MR) is 118 cm³/mol. The number of fused-ring (bicyclic) bond motifs is 1. The number of aryl methyl sites for hydroxylation is 3. The van der Waals surface area contributed by atoms with Crippen LogP contribution in [0.15, 0.2) is 24.3 Å². The summed E-state index contributed by atoms with van der Waals surface area (Å²) in [5.41, 5.74) is 2.71. The monoisotopic (exact) mass is 424 g/mol.